The van der Waals surface area contributed by atoms with Gasteiger partial charge in [0.15, 0.2) is 5.78 Å². The molecule has 4 N–H and O–H groups in total. The number of thiol groups is 1. The van der Waals surface area contributed by atoms with Crippen molar-refractivity contribution in [2.75, 3.05) is 12.3 Å². The Morgan fingerprint density at radius 3 is 2.35 bits per heavy atom. The fraction of sp³-hybridized carbons (Fsp3) is 0.700. The molecule has 0 aliphatic carbocycles. The second-order valence-corrected chi connectivity index (χ2v) is 3.92. The van der Waals surface area contributed by atoms with Crippen molar-refractivity contribution in [3.63, 3.8) is 0 Å². The number of carboxylic acid groups (broad SMARTS) is 1. The molecular weight excluding hydrogens is 244 g/mol. The van der Waals surface area contributed by atoms with Crippen molar-refractivity contribution < 1.29 is 19.5 Å². The Balaban J connectivity index is 4.08. The molecule has 0 rings (SSSR count). The van der Waals surface area contributed by atoms with E-state index in [2.05, 4.69) is 17.9 Å². The third-order valence-electron chi connectivity index (χ3n) is 2.10. The quantitative estimate of drug-likeness (QED) is 0.422. The number of nitrogens with one attached hydrogen (secondary N) is 1. The molecular formula is C10H18N2O4S. The Morgan fingerprint density at radius 1 is 1.24 bits per heavy atom. The molecule has 0 spiro atoms. The van der Waals surface area contributed by atoms with Gasteiger partial charge in [0.1, 0.15) is 0 Å². The molecule has 6 nitrogen and oxygen atoms in total. The molecule has 0 aliphatic heterocycles. The third-order valence-corrected chi connectivity index (χ3v) is 2.46. The first kappa shape index (κ1) is 15.9. The summed E-state index contributed by atoms with van der Waals surface area (Å²) >= 11 is 3.96. The lowest BCUT2D eigenvalue weighted by Crippen LogP contribution is -2.42. The maximum Gasteiger partial charge on any atom is 0.303 e. The zero-order chi connectivity index (χ0) is 13.3. The zero-order valence-electron chi connectivity index (χ0n) is 9.52. The van der Waals surface area contributed by atoms with Crippen molar-refractivity contribution in [3.8, 4) is 0 Å². The molecule has 0 saturated carbocycles. The molecule has 0 aromatic carbocycles. The first-order chi connectivity index (χ1) is 8.01. The highest BCUT2D eigenvalue weighted by molar-refractivity contribution is 7.80. The van der Waals surface area contributed by atoms with Crippen LogP contribution in [0.3, 0.4) is 0 Å². The van der Waals surface area contributed by atoms with Crippen LogP contribution in [0.4, 0.5) is 0 Å². The number of Topliss-reactive ketones (excluding diaryl/α,β-unsaturated/α-hetero) is 1. The van der Waals surface area contributed by atoms with Crippen LogP contribution in [0, 0.1) is 0 Å². The van der Waals surface area contributed by atoms with Crippen LogP contribution in [0.25, 0.3) is 0 Å². The van der Waals surface area contributed by atoms with Gasteiger partial charge in [0, 0.05) is 18.6 Å². The predicted molar refractivity (Wildman–Crippen MR) is 65.9 cm³/mol. The highest BCUT2D eigenvalue weighted by Gasteiger charge is 2.19. The smallest absolute Gasteiger partial charge is 0.303 e. The number of hydrogen-bond donors (Lipinski definition) is 4. The lowest BCUT2D eigenvalue weighted by molar-refractivity contribution is -0.138. The maximum absolute atomic E-state index is 11.5. The second-order valence-electron chi connectivity index (χ2n) is 3.55. The molecule has 0 aliphatic rings. The van der Waals surface area contributed by atoms with E-state index < -0.39 is 12.0 Å². The number of carboxylic acids is 1. The molecule has 0 fully saturated rings. The number of carbonyl (C=O) groups excluding carboxylic acids is 2. The highest BCUT2D eigenvalue weighted by atomic mass is 32.1. The van der Waals surface area contributed by atoms with E-state index in [4.69, 9.17) is 10.8 Å². The summed E-state index contributed by atoms with van der Waals surface area (Å²) in [6.45, 7) is 0.409. The first-order valence-electron chi connectivity index (χ1n) is 5.36. The number of rotatable bonds is 9. The summed E-state index contributed by atoms with van der Waals surface area (Å²) in [5.74, 6) is -1.46. The topological polar surface area (TPSA) is 109 Å². The Morgan fingerprint density at radius 2 is 1.88 bits per heavy atom. The van der Waals surface area contributed by atoms with Crippen molar-refractivity contribution in [3.05, 3.63) is 0 Å². The van der Waals surface area contributed by atoms with Crippen LogP contribution < -0.4 is 11.1 Å². The minimum Gasteiger partial charge on any atom is -0.481 e. The molecule has 1 amide bonds. The normalized spacial score (nSPS) is 11.9. The maximum atomic E-state index is 11.5. The van der Waals surface area contributed by atoms with Crippen LogP contribution in [0.15, 0.2) is 0 Å². The van der Waals surface area contributed by atoms with Gasteiger partial charge in [0.05, 0.1) is 12.5 Å². The molecule has 1 atom stereocenters. The molecule has 0 aromatic rings. The number of hydrogen-bond acceptors (Lipinski definition) is 5. The summed E-state index contributed by atoms with van der Waals surface area (Å²) in [4.78, 5) is 33.2. The minimum atomic E-state index is -1.04. The van der Waals surface area contributed by atoms with Gasteiger partial charge in [0.2, 0.25) is 5.91 Å². The summed E-state index contributed by atoms with van der Waals surface area (Å²) in [6, 6.07) is -0.719. The van der Waals surface area contributed by atoms with E-state index in [1.807, 2.05) is 0 Å². The van der Waals surface area contributed by atoms with Crippen molar-refractivity contribution in [2.24, 2.45) is 5.73 Å². The van der Waals surface area contributed by atoms with Gasteiger partial charge in [-0.05, 0) is 13.0 Å². The van der Waals surface area contributed by atoms with Crippen molar-refractivity contribution >= 4 is 30.3 Å². The van der Waals surface area contributed by atoms with E-state index in [-0.39, 0.29) is 36.7 Å². The summed E-state index contributed by atoms with van der Waals surface area (Å²) < 4.78 is 0. The molecule has 0 radical (unpaired) electrons. The largest absolute Gasteiger partial charge is 0.481 e. The van der Waals surface area contributed by atoms with Gasteiger partial charge >= 0.3 is 5.97 Å². The SMILES string of the molecule is NCCCC(=O)N[C@@H](CS)C(=O)CCC(=O)O. The highest BCUT2D eigenvalue weighted by Crippen LogP contribution is 2.00. The monoisotopic (exact) mass is 262 g/mol. The number of aliphatic carboxylic acids is 1. The first-order valence-corrected chi connectivity index (χ1v) is 5.99. The molecule has 0 unspecified atom stereocenters. The van der Waals surface area contributed by atoms with E-state index >= 15 is 0 Å². The molecule has 17 heavy (non-hydrogen) atoms. The van der Waals surface area contributed by atoms with Gasteiger partial charge in [-0.25, -0.2) is 0 Å². The van der Waals surface area contributed by atoms with Gasteiger partial charge in [-0.15, -0.1) is 0 Å². The van der Waals surface area contributed by atoms with Crippen molar-refractivity contribution in [2.45, 2.75) is 31.7 Å². The molecule has 98 valence electrons. The average Bonchev–Trinajstić information content (AvgIpc) is 2.30. The zero-order valence-corrected chi connectivity index (χ0v) is 10.4. The second kappa shape index (κ2) is 9.00. The molecule has 7 heteroatoms. The Hall–Kier alpha value is -1.08. The summed E-state index contributed by atoms with van der Waals surface area (Å²) in [6.07, 6.45) is 0.473. The molecule has 0 bridgehead atoms. The van der Waals surface area contributed by atoms with Crippen LogP contribution in [0.5, 0.6) is 0 Å². The van der Waals surface area contributed by atoms with E-state index in [0.717, 1.165) is 0 Å². The van der Waals surface area contributed by atoms with Gasteiger partial charge in [0.25, 0.3) is 0 Å². The predicted octanol–water partition coefficient (Wildman–Crippen LogP) is -0.426. The van der Waals surface area contributed by atoms with Gasteiger partial charge in [-0.2, -0.15) is 12.6 Å². The minimum absolute atomic E-state index is 0.0995. The van der Waals surface area contributed by atoms with E-state index in [1.54, 1.807) is 0 Å². The van der Waals surface area contributed by atoms with Crippen LogP contribution in [0.2, 0.25) is 0 Å². The third kappa shape index (κ3) is 7.76. The Bertz CT molecular complexity index is 283. The average molecular weight is 262 g/mol. The lowest BCUT2D eigenvalue weighted by Gasteiger charge is -2.14. The number of carbonyl (C=O) groups is 3. The van der Waals surface area contributed by atoms with Crippen LogP contribution in [-0.2, 0) is 14.4 Å². The van der Waals surface area contributed by atoms with E-state index in [9.17, 15) is 14.4 Å². The van der Waals surface area contributed by atoms with Gasteiger partial charge in [-0.1, -0.05) is 0 Å². The summed E-state index contributed by atoms with van der Waals surface area (Å²) in [7, 11) is 0. The molecule has 0 heterocycles. The van der Waals surface area contributed by atoms with Crippen molar-refractivity contribution in [1.82, 2.24) is 5.32 Å². The fourth-order valence-electron chi connectivity index (χ4n) is 1.16. The summed E-state index contributed by atoms with van der Waals surface area (Å²) in [5.41, 5.74) is 5.25. The van der Waals surface area contributed by atoms with Gasteiger partial charge in [-0.3, -0.25) is 14.4 Å². The number of ketones is 1. The number of nitrogens with two attached hydrogens (primary N) is 1. The number of amides is 1. The fourth-order valence-corrected chi connectivity index (χ4v) is 1.46. The van der Waals surface area contributed by atoms with Crippen molar-refractivity contribution in [1.29, 1.82) is 0 Å². The standard InChI is InChI=1S/C10H18N2O4S/c11-5-1-2-9(14)12-7(6-17)8(13)3-4-10(15)16/h7,17H,1-6,11H2,(H,12,14)(H,15,16)/t7-/m0/s1. The van der Waals surface area contributed by atoms with Crippen LogP contribution >= 0.6 is 12.6 Å². The van der Waals surface area contributed by atoms with Crippen LogP contribution in [0.1, 0.15) is 25.7 Å². The molecule has 0 saturated heterocycles. The summed E-state index contributed by atoms with van der Waals surface area (Å²) in [5, 5.41) is 11.0. The molecule has 0 aromatic heterocycles. The Labute approximate surface area is 105 Å². The van der Waals surface area contributed by atoms with E-state index in [0.29, 0.717) is 13.0 Å². The van der Waals surface area contributed by atoms with E-state index in [1.165, 1.54) is 0 Å². The van der Waals surface area contributed by atoms with Gasteiger partial charge < -0.3 is 16.2 Å². The lowest BCUT2D eigenvalue weighted by atomic mass is 10.1. The Kier molecular flexibility index (Phi) is 8.43. The van der Waals surface area contributed by atoms with Crippen LogP contribution in [-0.4, -0.2) is 41.1 Å².